The molecule has 0 spiro atoms. The molecule has 3 heteroatoms. The predicted octanol–water partition coefficient (Wildman–Crippen LogP) is 2.74. The smallest absolute Gasteiger partial charge is 0.162 e. The van der Waals surface area contributed by atoms with E-state index < -0.39 is 0 Å². The molecule has 0 unspecified atom stereocenters. The Balaban J connectivity index is 2.30. The largest absolute Gasteiger partial charge is 0.392 e. The van der Waals surface area contributed by atoms with Crippen LogP contribution in [0.2, 0.25) is 0 Å². The first-order chi connectivity index (χ1) is 7.81. The minimum atomic E-state index is 0.00715. The summed E-state index contributed by atoms with van der Waals surface area (Å²) in [4.78, 5) is 0. The highest BCUT2D eigenvalue weighted by Crippen LogP contribution is 2.22. The summed E-state index contributed by atoms with van der Waals surface area (Å²) in [5.74, 6) is 0.688. The minimum absolute atomic E-state index is 0.00715. The van der Waals surface area contributed by atoms with E-state index in [2.05, 4.69) is 5.16 Å². The number of rotatable bonds is 3. The molecule has 2 rings (SSSR count). The lowest BCUT2D eigenvalue weighted by Crippen LogP contribution is -1.78. The Morgan fingerprint density at radius 1 is 1.38 bits per heavy atom. The summed E-state index contributed by atoms with van der Waals surface area (Å²) in [7, 11) is 0. The maximum absolute atomic E-state index is 8.78. The van der Waals surface area contributed by atoms with Gasteiger partial charge in [0.15, 0.2) is 5.76 Å². The highest BCUT2D eigenvalue weighted by molar-refractivity contribution is 5.66. The third-order valence-corrected chi connectivity index (χ3v) is 2.37. The molecule has 0 saturated heterocycles. The Labute approximate surface area is 94.0 Å². The van der Waals surface area contributed by atoms with Crippen LogP contribution in [-0.2, 0) is 0 Å². The molecule has 1 N–H and O–H groups in total. The van der Waals surface area contributed by atoms with Crippen LogP contribution in [0.3, 0.4) is 0 Å². The van der Waals surface area contributed by atoms with E-state index >= 15 is 0 Å². The van der Waals surface area contributed by atoms with Crippen LogP contribution in [0.1, 0.15) is 12.7 Å². The molecule has 0 fully saturated rings. The normalized spacial score (nSPS) is 11.8. The zero-order valence-corrected chi connectivity index (χ0v) is 9.05. The van der Waals surface area contributed by atoms with Gasteiger partial charge >= 0.3 is 0 Å². The number of hydrogen-bond donors (Lipinski definition) is 1. The van der Waals surface area contributed by atoms with Crippen LogP contribution in [0.5, 0.6) is 0 Å². The predicted molar refractivity (Wildman–Crippen MR) is 62.7 cm³/mol. The quantitative estimate of drug-likeness (QED) is 0.856. The molecule has 1 heterocycles. The molecule has 0 saturated carbocycles. The third kappa shape index (κ3) is 2.20. The van der Waals surface area contributed by atoms with Crippen LogP contribution in [0, 0.1) is 0 Å². The van der Waals surface area contributed by atoms with Gasteiger partial charge in [0.1, 0.15) is 5.69 Å². The van der Waals surface area contributed by atoms with E-state index in [9.17, 15) is 0 Å². The van der Waals surface area contributed by atoms with Crippen molar-refractivity contribution in [1.82, 2.24) is 5.16 Å². The van der Waals surface area contributed by atoms with Crippen molar-refractivity contribution in [2.45, 2.75) is 6.92 Å². The second-order valence-corrected chi connectivity index (χ2v) is 3.51. The van der Waals surface area contributed by atoms with Crippen molar-refractivity contribution in [1.29, 1.82) is 0 Å². The van der Waals surface area contributed by atoms with Gasteiger partial charge < -0.3 is 9.63 Å². The molecule has 0 bridgehead atoms. The summed E-state index contributed by atoms with van der Waals surface area (Å²) in [6.45, 7) is 1.89. The lowest BCUT2D eigenvalue weighted by Gasteiger charge is -1.92. The fraction of sp³-hybridized carbons (Fsp3) is 0.154. The molecule has 0 aliphatic carbocycles. The zero-order chi connectivity index (χ0) is 11.4. The summed E-state index contributed by atoms with van der Waals surface area (Å²) in [5.41, 5.74) is 2.72. The molecule has 1 aromatic heterocycles. The molecular weight excluding hydrogens is 202 g/mol. The second-order valence-electron chi connectivity index (χ2n) is 3.51. The van der Waals surface area contributed by atoms with E-state index in [1.165, 1.54) is 0 Å². The molecule has 82 valence electrons. The van der Waals surface area contributed by atoms with E-state index in [1.807, 2.05) is 43.3 Å². The number of aromatic nitrogens is 1. The van der Waals surface area contributed by atoms with Gasteiger partial charge in [0.05, 0.1) is 6.61 Å². The Hall–Kier alpha value is -1.87. The average molecular weight is 215 g/mol. The van der Waals surface area contributed by atoms with Crippen LogP contribution >= 0.6 is 0 Å². The standard InChI is InChI=1S/C13H13NO2/c1-10(7-8-15)13-9-12(14-16-13)11-5-3-2-4-6-11/h2-7,9,15H,8H2,1H3/b10-7+. The van der Waals surface area contributed by atoms with Crippen LogP contribution in [0.15, 0.2) is 47.0 Å². The molecule has 2 aromatic rings. The second kappa shape index (κ2) is 4.77. The molecule has 0 radical (unpaired) electrons. The van der Waals surface area contributed by atoms with Crippen LogP contribution in [-0.4, -0.2) is 16.9 Å². The lowest BCUT2D eigenvalue weighted by atomic mass is 10.1. The molecule has 1 aromatic carbocycles. The molecule has 16 heavy (non-hydrogen) atoms. The van der Waals surface area contributed by atoms with Crippen molar-refractivity contribution in [2.24, 2.45) is 0 Å². The van der Waals surface area contributed by atoms with Gasteiger partial charge in [0, 0.05) is 11.6 Å². The van der Waals surface area contributed by atoms with Crippen LogP contribution in [0.4, 0.5) is 0 Å². The fourth-order valence-corrected chi connectivity index (χ4v) is 1.44. The molecule has 0 aliphatic rings. The molecule has 0 atom stereocenters. The van der Waals surface area contributed by atoms with E-state index in [0.717, 1.165) is 16.8 Å². The Morgan fingerprint density at radius 2 is 2.12 bits per heavy atom. The van der Waals surface area contributed by atoms with Crippen molar-refractivity contribution >= 4 is 5.57 Å². The summed E-state index contributed by atoms with van der Waals surface area (Å²) in [6.07, 6.45) is 1.69. The maximum atomic E-state index is 8.78. The van der Waals surface area contributed by atoms with Crippen molar-refractivity contribution in [3.8, 4) is 11.3 Å². The van der Waals surface area contributed by atoms with Gasteiger partial charge in [-0.25, -0.2) is 0 Å². The van der Waals surface area contributed by atoms with Crippen molar-refractivity contribution in [3.63, 3.8) is 0 Å². The monoisotopic (exact) mass is 215 g/mol. The summed E-state index contributed by atoms with van der Waals surface area (Å²) in [6, 6.07) is 11.7. The molecular formula is C13H13NO2. The first-order valence-electron chi connectivity index (χ1n) is 5.11. The van der Waals surface area contributed by atoms with Gasteiger partial charge in [0.2, 0.25) is 0 Å². The Morgan fingerprint density at radius 3 is 2.81 bits per heavy atom. The van der Waals surface area contributed by atoms with Gasteiger partial charge in [-0.15, -0.1) is 0 Å². The highest BCUT2D eigenvalue weighted by Gasteiger charge is 2.06. The van der Waals surface area contributed by atoms with Gasteiger partial charge in [-0.2, -0.15) is 0 Å². The summed E-state index contributed by atoms with van der Waals surface area (Å²) < 4.78 is 5.20. The third-order valence-electron chi connectivity index (χ3n) is 2.37. The topological polar surface area (TPSA) is 46.3 Å². The average Bonchev–Trinajstić information content (AvgIpc) is 2.80. The van der Waals surface area contributed by atoms with Crippen molar-refractivity contribution < 1.29 is 9.63 Å². The molecule has 0 amide bonds. The highest BCUT2D eigenvalue weighted by atomic mass is 16.5. The van der Waals surface area contributed by atoms with Crippen molar-refractivity contribution in [2.75, 3.05) is 6.61 Å². The number of hydrogen-bond acceptors (Lipinski definition) is 3. The van der Waals surface area contributed by atoms with Gasteiger partial charge in [0.25, 0.3) is 0 Å². The SMILES string of the molecule is C/C(=C\CO)c1cc(-c2ccccc2)no1. The van der Waals surface area contributed by atoms with Crippen molar-refractivity contribution in [3.05, 3.63) is 48.2 Å². The number of benzene rings is 1. The van der Waals surface area contributed by atoms with Crippen LogP contribution in [0.25, 0.3) is 16.8 Å². The molecule has 0 aliphatic heterocycles. The fourth-order valence-electron chi connectivity index (χ4n) is 1.44. The number of aliphatic hydroxyl groups excluding tert-OH is 1. The van der Waals surface area contributed by atoms with Gasteiger partial charge in [-0.05, 0) is 12.5 Å². The van der Waals surface area contributed by atoms with E-state index in [0.29, 0.717) is 5.76 Å². The Bertz CT molecular complexity index is 486. The first-order valence-corrected chi connectivity index (χ1v) is 5.11. The minimum Gasteiger partial charge on any atom is -0.392 e. The van der Waals surface area contributed by atoms with E-state index in [-0.39, 0.29) is 6.61 Å². The first kappa shape index (κ1) is 10.6. The summed E-state index contributed by atoms with van der Waals surface area (Å²) >= 11 is 0. The number of nitrogens with zero attached hydrogens (tertiary/aromatic N) is 1. The summed E-state index contributed by atoms with van der Waals surface area (Å²) in [5, 5.41) is 12.8. The van der Waals surface area contributed by atoms with Gasteiger partial charge in [-0.3, -0.25) is 0 Å². The van der Waals surface area contributed by atoms with E-state index in [4.69, 9.17) is 9.63 Å². The maximum Gasteiger partial charge on any atom is 0.162 e. The lowest BCUT2D eigenvalue weighted by molar-refractivity contribution is 0.342. The number of aliphatic hydroxyl groups is 1. The Kier molecular flexibility index (Phi) is 3.17. The van der Waals surface area contributed by atoms with E-state index in [1.54, 1.807) is 6.08 Å². The molecule has 3 nitrogen and oxygen atoms in total. The van der Waals surface area contributed by atoms with Crippen LogP contribution < -0.4 is 0 Å². The zero-order valence-electron chi connectivity index (χ0n) is 9.05. The number of allylic oxidation sites excluding steroid dienone is 1. The van der Waals surface area contributed by atoms with Gasteiger partial charge in [-0.1, -0.05) is 41.6 Å².